The maximum Gasteiger partial charge on any atom is 0.123 e. The summed E-state index contributed by atoms with van der Waals surface area (Å²) >= 11 is 0. The van der Waals surface area contributed by atoms with Gasteiger partial charge in [0, 0.05) is 12.6 Å². The monoisotopic (exact) mass is 255 g/mol. The zero-order valence-electron chi connectivity index (χ0n) is 11.1. The Morgan fingerprint density at radius 1 is 1.21 bits per heavy atom. The molecule has 0 aliphatic carbocycles. The molecule has 0 saturated heterocycles. The topological polar surface area (TPSA) is 12.0 Å². The van der Waals surface area contributed by atoms with Crippen LogP contribution in [0.2, 0.25) is 0 Å². The molecule has 1 aliphatic rings. The SMILES string of the molecule is Cc1cc(F)cc2c1CC(Cc1ccccc1)NC2. The molecule has 1 nitrogen and oxygen atoms in total. The van der Waals surface area contributed by atoms with Crippen LogP contribution in [0.25, 0.3) is 0 Å². The third-order valence-corrected chi connectivity index (χ3v) is 3.89. The molecule has 3 rings (SSSR count). The summed E-state index contributed by atoms with van der Waals surface area (Å²) in [5.74, 6) is -0.125. The van der Waals surface area contributed by atoms with Crippen molar-refractivity contribution in [3.63, 3.8) is 0 Å². The van der Waals surface area contributed by atoms with E-state index in [0.29, 0.717) is 6.04 Å². The number of hydrogen-bond acceptors (Lipinski definition) is 1. The minimum Gasteiger partial charge on any atom is -0.309 e. The fourth-order valence-corrected chi connectivity index (χ4v) is 2.91. The van der Waals surface area contributed by atoms with Crippen molar-refractivity contribution >= 4 is 0 Å². The smallest absolute Gasteiger partial charge is 0.123 e. The summed E-state index contributed by atoms with van der Waals surface area (Å²) in [6, 6.07) is 14.3. The lowest BCUT2D eigenvalue weighted by atomic mass is 9.89. The summed E-state index contributed by atoms with van der Waals surface area (Å²) in [7, 11) is 0. The molecule has 0 saturated carbocycles. The van der Waals surface area contributed by atoms with Gasteiger partial charge in [-0.2, -0.15) is 0 Å². The van der Waals surface area contributed by atoms with Gasteiger partial charge >= 0.3 is 0 Å². The highest BCUT2D eigenvalue weighted by Gasteiger charge is 2.20. The lowest BCUT2D eigenvalue weighted by Crippen LogP contribution is -2.37. The second kappa shape index (κ2) is 5.14. The Morgan fingerprint density at radius 2 is 2.00 bits per heavy atom. The molecule has 1 N–H and O–H groups in total. The van der Waals surface area contributed by atoms with Gasteiger partial charge in [-0.15, -0.1) is 0 Å². The van der Waals surface area contributed by atoms with Gasteiger partial charge < -0.3 is 5.32 Å². The summed E-state index contributed by atoms with van der Waals surface area (Å²) in [5, 5.41) is 3.51. The molecule has 0 aromatic heterocycles. The molecule has 2 heteroatoms. The normalized spacial score (nSPS) is 18.1. The van der Waals surface area contributed by atoms with Crippen LogP contribution < -0.4 is 5.32 Å². The van der Waals surface area contributed by atoms with Crippen LogP contribution in [0.5, 0.6) is 0 Å². The fraction of sp³-hybridized carbons (Fsp3) is 0.294. The molecule has 0 spiro atoms. The molecule has 0 fully saturated rings. The minimum atomic E-state index is -0.125. The largest absolute Gasteiger partial charge is 0.309 e. The molecule has 1 unspecified atom stereocenters. The zero-order chi connectivity index (χ0) is 13.2. The summed E-state index contributed by atoms with van der Waals surface area (Å²) < 4.78 is 13.4. The standard InChI is InChI=1S/C17H18FN/c1-12-7-15(18)9-14-11-19-16(10-17(12)14)8-13-5-3-2-4-6-13/h2-7,9,16,19H,8,10-11H2,1H3. The third kappa shape index (κ3) is 2.69. The second-order valence-corrected chi connectivity index (χ2v) is 5.33. The van der Waals surface area contributed by atoms with Crippen molar-refractivity contribution in [2.24, 2.45) is 0 Å². The van der Waals surface area contributed by atoms with Crippen molar-refractivity contribution in [2.45, 2.75) is 32.4 Å². The summed E-state index contributed by atoms with van der Waals surface area (Å²) in [4.78, 5) is 0. The second-order valence-electron chi connectivity index (χ2n) is 5.33. The predicted octanol–water partition coefficient (Wildman–Crippen LogP) is 3.39. The number of hydrogen-bond donors (Lipinski definition) is 1. The first kappa shape index (κ1) is 12.4. The molecule has 2 aromatic rings. The molecule has 0 radical (unpaired) electrons. The van der Waals surface area contributed by atoms with Crippen LogP contribution >= 0.6 is 0 Å². The maximum absolute atomic E-state index is 13.4. The van der Waals surface area contributed by atoms with E-state index in [1.807, 2.05) is 13.0 Å². The van der Waals surface area contributed by atoms with E-state index in [2.05, 4.69) is 29.6 Å². The number of fused-ring (bicyclic) bond motifs is 1. The van der Waals surface area contributed by atoms with E-state index in [-0.39, 0.29) is 5.82 Å². The van der Waals surface area contributed by atoms with Crippen LogP contribution in [0.1, 0.15) is 22.3 Å². The Labute approximate surface area is 113 Å². The van der Waals surface area contributed by atoms with E-state index in [1.54, 1.807) is 12.1 Å². The maximum atomic E-state index is 13.4. The van der Waals surface area contributed by atoms with Crippen molar-refractivity contribution in [1.29, 1.82) is 0 Å². The number of halogens is 1. The Morgan fingerprint density at radius 3 is 2.79 bits per heavy atom. The average molecular weight is 255 g/mol. The Kier molecular flexibility index (Phi) is 3.34. The molecule has 0 bridgehead atoms. The average Bonchev–Trinajstić information content (AvgIpc) is 2.40. The minimum absolute atomic E-state index is 0.125. The van der Waals surface area contributed by atoms with Gasteiger partial charge in [0.05, 0.1) is 0 Å². The van der Waals surface area contributed by atoms with Gasteiger partial charge in [-0.05, 0) is 54.2 Å². The van der Waals surface area contributed by atoms with Crippen molar-refractivity contribution in [2.75, 3.05) is 0 Å². The zero-order valence-corrected chi connectivity index (χ0v) is 11.1. The van der Waals surface area contributed by atoms with Crippen LogP contribution in [-0.2, 0) is 19.4 Å². The van der Waals surface area contributed by atoms with E-state index in [1.165, 1.54) is 11.1 Å². The summed E-state index contributed by atoms with van der Waals surface area (Å²) in [5.41, 5.74) is 4.86. The van der Waals surface area contributed by atoms with E-state index in [9.17, 15) is 4.39 Å². The molecule has 19 heavy (non-hydrogen) atoms. The number of nitrogens with one attached hydrogen (secondary N) is 1. The molecule has 1 heterocycles. The van der Waals surface area contributed by atoms with Crippen molar-refractivity contribution < 1.29 is 4.39 Å². The van der Waals surface area contributed by atoms with Crippen LogP contribution in [-0.4, -0.2) is 6.04 Å². The molecule has 1 aliphatic heterocycles. The van der Waals surface area contributed by atoms with Crippen LogP contribution in [0, 0.1) is 12.7 Å². The summed E-state index contributed by atoms with van der Waals surface area (Å²) in [6.07, 6.45) is 2.01. The number of rotatable bonds is 2. The van der Waals surface area contributed by atoms with Crippen LogP contribution in [0.15, 0.2) is 42.5 Å². The van der Waals surface area contributed by atoms with Crippen molar-refractivity contribution in [3.05, 3.63) is 70.5 Å². The highest BCUT2D eigenvalue weighted by Crippen LogP contribution is 2.23. The molecule has 2 aromatic carbocycles. The third-order valence-electron chi connectivity index (χ3n) is 3.89. The van der Waals surface area contributed by atoms with Crippen LogP contribution in [0.4, 0.5) is 4.39 Å². The predicted molar refractivity (Wildman–Crippen MR) is 75.6 cm³/mol. The molecule has 0 amide bonds. The first-order valence-corrected chi connectivity index (χ1v) is 6.77. The Balaban J connectivity index is 1.79. The van der Waals surface area contributed by atoms with Gasteiger partial charge in [-0.1, -0.05) is 30.3 Å². The highest BCUT2D eigenvalue weighted by molar-refractivity contribution is 5.37. The van der Waals surface area contributed by atoms with Crippen molar-refractivity contribution in [3.8, 4) is 0 Å². The Bertz CT molecular complexity index is 577. The first-order chi connectivity index (χ1) is 9.22. The van der Waals surface area contributed by atoms with E-state index >= 15 is 0 Å². The molecular formula is C17H18FN. The lowest BCUT2D eigenvalue weighted by Gasteiger charge is -2.27. The molecular weight excluding hydrogens is 237 g/mol. The van der Waals surface area contributed by atoms with Gasteiger partial charge in [-0.3, -0.25) is 0 Å². The highest BCUT2D eigenvalue weighted by atomic mass is 19.1. The van der Waals surface area contributed by atoms with Gasteiger partial charge in [-0.25, -0.2) is 4.39 Å². The molecule has 98 valence electrons. The lowest BCUT2D eigenvalue weighted by molar-refractivity contribution is 0.472. The van der Waals surface area contributed by atoms with Gasteiger partial charge in [0.15, 0.2) is 0 Å². The van der Waals surface area contributed by atoms with Gasteiger partial charge in [0.25, 0.3) is 0 Å². The summed E-state index contributed by atoms with van der Waals surface area (Å²) in [6.45, 7) is 2.78. The van der Waals surface area contributed by atoms with Crippen LogP contribution in [0.3, 0.4) is 0 Å². The van der Waals surface area contributed by atoms with E-state index in [0.717, 1.165) is 30.5 Å². The van der Waals surface area contributed by atoms with Crippen molar-refractivity contribution in [1.82, 2.24) is 5.32 Å². The number of benzene rings is 2. The van der Waals surface area contributed by atoms with E-state index < -0.39 is 0 Å². The van der Waals surface area contributed by atoms with Gasteiger partial charge in [0.1, 0.15) is 5.82 Å². The number of aryl methyl sites for hydroxylation is 1. The quantitative estimate of drug-likeness (QED) is 0.867. The molecule has 1 atom stereocenters. The first-order valence-electron chi connectivity index (χ1n) is 6.77. The fourth-order valence-electron chi connectivity index (χ4n) is 2.91. The Hall–Kier alpha value is -1.67. The van der Waals surface area contributed by atoms with Gasteiger partial charge in [0.2, 0.25) is 0 Å². The van der Waals surface area contributed by atoms with E-state index in [4.69, 9.17) is 0 Å².